The minimum absolute atomic E-state index is 0.00147. The van der Waals surface area contributed by atoms with Crippen LogP contribution in [-0.4, -0.2) is 34.0 Å². The number of benzene rings is 1. The average Bonchev–Trinajstić information content (AvgIpc) is 2.98. The van der Waals surface area contributed by atoms with Gasteiger partial charge in [0.25, 0.3) is 0 Å². The Kier molecular flexibility index (Phi) is 5.74. The predicted molar refractivity (Wildman–Crippen MR) is 91.8 cm³/mol. The maximum Gasteiger partial charge on any atom is 0.250 e. The molecule has 0 radical (unpaired) electrons. The molecule has 120 valence electrons. The van der Waals surface area contributed by atoms with Gasteiger partial charge in [-0.05, 0) is 38.2 Å². The van der Waals surface area contributed by atoms with Crippen molar-refractivity contribution >= 4 is 21.4 Å². The number of sulfonamides is 1. The van der Waals surface area contributed by atoms with Crippen LogP contribution in [0.1, 0.15) is 23.4 Å². The number of hydrogen-bond acceptors (Lipinski definition) is 4. The van der Waals surface area contributed by atoms with E-state index in [0.29, 0.717) is 10.8 Å². The Morgan fingerprint density at radius 2 is 1.82 bits per heavy atom. The van der Waals surface area contributed by atoms with Gasteiger partial charge in [-0.15, -0.1) is 11.3 Å². The van der Waals surface area contributed by atoms with Gasteiger partial charge in [0.2, 0.25) is 10.0 Å². The first-order chi connectivity index (χ1) is 10.4. The number of nitrogens with one attached hydrogen (secondary N) is 1. The third-order valence-corrected chi connectivity index (χ3v) is 6.67. The van der Waals surface area contributed by atoms with Crippen LogP contribution in [-0.2, 0) is 16.4 Å². The summed E-state index contributed by atoms with van der Waals surface area (Å²) < 4.78 is 27.9. The van der Waals surface area contributed by atoms with E-state index in [9.17, 15) is 8.42 Å². The van der Waals surface area contributed by atoms with E-state index in [1.807, 2.05) is 62.3 Å². The molecule has 1 aromatic heterocycles. The van der Waals surface area contributed by atoms with Gasteiger partial charge in [-0.3, -0.25) is 0 Å². The van der Waals surface area contributed by atoms with Gasteiger partial charge in [0.15, 0.2) is 0 Å². The molecule has 0 aliphatic rings. The fourth-order valence-electron chi connectivity index (χ4n) is 2.23. The molecule has 1 unspecified atom stereocenters. The Balaban J connectivity index is 2.12. The Hall–Kier alpha value is -1.21. The van der Waals surface area contributed by atoms with Crippen molar-refractivity contribution in [2.75, 3.05) is 20.6 Å². The van der Waals surface area contributed by atoms with Crippen molar-refractivity contribution in [3.63, 3.8) is 0 Å². The van der Waals surface area contributed by atoms with E-state index in [1.165, 1.54) is 11.3 Å². The second-order valence-electron chi connectivity index (χ2n) is 5.32. The van der Waals surface area contributed by atoms with Crippen molar-refractivity contribution in [1.29, 1.82) is 0 Å². The molecule has 1 N–H and O–H groups in total. The first-order valence-corrected chi connectivity index (χ1v) is 9.53. The summed E-state index contributed by atoms with van der Waals surface area (Å²) in [4.78, 5) is 3.09. The first-order valence-electron chi connectivity index (χ1n) is 7.23. The maximum absolute atomic E-state index is 12.4. The average molecular weight is 338 g/mol. The molecule has 0 saturated heterocycles. The SMILES string of the molecule is CCc1ccc(S(=O)(=O)NCC(c2ccccc2)N(C)C)s1. The highest BCUT2D eigenvalue weighted by Gasteiger charge is 2.20. The molecule has 0 aliphatic heterocycles. The van der Waals surface area contributed by atoms with E-state index in [2.05, 4.69) is 4.72 Å². The molecule has 0 amide bonds. The monoisotopic (exact) mass is 338 g/mol. The summed E-state index contributed by atoms with van der Waals surface area (Å²) in [7, 11) is 0.457. The van der Waals surface area contributed by atoms with E-state index < -0.39 is 10.0 Å². The molecule has 0 spiro atoms. The topological polar surface area (TPSA) is 49.4 Å². The smallest absolute Gasteiger partial charge is 0.250 e. The molecule has 2 aromatic rings. The van der Waals surface area contributed by atoms with Crippen molar-refractivity contribution in [2.24, 2.45) is 0 Å². The molecular formula is C16H22N2O2S2. The molecule has 1 atom stereocenters. The summed E-state index contributed by atoms with van der Waals surface area (Å²) in [6, 6.07) is 13.5. The number of rotatable bonds is 7. The second-order valence-corrected chi connectivity index (χ2v) is 8.48. The Bertz CT molecular complexity index is 694. The lowest BCUT2D eigenvalue weighted by molar-refractivity contribution is 0.299. The molecule has 0 saturated carbocycles. The van der Waals surface area contributed by atoms with Gasteiger partial charge in [-0.2, -0.15) is 0 Å². The van der Waals surface area contributed by atoms with Gasteiger partial charge in [-0.25, -0.2) is 13.1 Å². The third-order valence-electron chi connectivity index (χ3n) is 3.52. The minimum Gasteiger partial charge on any atom is -0.301 e. The van der Waals surface area contributed by atoms with E-state index >= 15 is 0 Å². The molecule has 0 fully saturated rings. The van der Waals surface area contributed by atoms with Crippen LogP contribution < -0.4 is 4.72 Å². The number of likely N-dealkylation sites (N-methyl/N-ethyl adjacent to an activating group) is 1. The molecular weight excluding hydrogens is 316 g/mol. The zero-order chi connectivity index (χ0) is 16.2. The van der Waals surface area contributed by atoms with Gasteiger partial charge in [0.1, 0.15) is 4.21 Å². The van der Waals surface area contributed by atoms with Crippen LogP contribution in [0.5, 0.6) is 0 Å². The van der Waals surface area contributed by atoms with Crippen LogP contribution in [0.3, 0.4) is 0 Å². The van der Waals surface area contributed by atoms with Crippen molar-refractivity contribution < 1.29 is 8.42 Å². The van der Waals surface area contributed by atoms with Crippen LogP contribution in [0.2, 0.25) is 0 Å². The van der Waals surface area contributed by atoms with Crippen molar-refractivity contribution in [3.05, 3.63) is 52.9 Å². The molecule has 1 heterocycles. The number of hydrogen-bond donors (Lipinski definition) is 1. The van der Waals surface area contributed by atoms with E-state index in [0.717, 1.165) is 16.9 Å². The minimum atomic E-state index is -3.44. The fourth-order valence-corrected chi connectivity index (χ4v) is 4.60. The van der Waals surface area contributed by atoms with Crippen LogP contribution in [0.15, 0.2) is 46.7 Å². The van der Waals surface area contributed by atoms with Crippen molar-refractivity contribution in [2.45, 2.75) is 23.6 Å². The van der Waals surface area contributed by atoms with E-state index in [-0.39, 0.29) is 6.04 Å². The highest BCUT2D eigenvalue weighted by Crippen LogP contribution is 2.23. The quantitative estimate of drug-likeness (QED) is 0.844. The molecule has 22 heavy (non-hydrogen) atoms. The summed E-state index contributed by atoms with van der Waals surface area (Å²) in [5.74, 6) is 0. The van der Waals surface area contributed by atoms with E-state index in [1.54, 1.807) is 6.07 Å². The second kappa shape index (κ2) is 7.37. The normalized spacial score (nSPS) is 13.5. The lowest BCUT2D eigenvalue weighted by Crippen LogP contribution is -2.34. The van der Waals surface area contributed by atoms with Crippen LogP contribution in [0, 0.1) is 0 Å². The lowest BCUT2D eigenvalue weighted by Gasteiger charge is -2.24. The molecule has 2 rings (SSSR count). The Labute approximate surface area is 136 Å². The van der Waals surface area contributed by atoms with Crippen LogP contribution >= 0.6 is 11.3 Å². The summed E-state index contributed by atoms with van der Waals surface area (Å²) in [6.45, 7) is 2.37. The van der Waals surface area contributed by atoms with Crippen molar-refractivity contribution in [3.8, 4) is 0 Å². The van der Waals surface area contributed by atoms with Gasteiger partial charge >= 0.3 is 0 Å². The highest BCUT2D eigenvalue weighted by atomic mass is 32.2. The maximum atomic E-state index is 12.4. The number of aryl methyl sites for hydroxylation is 1. The largest absolute Gasteiger partial charge is 0.301 e. The first kappa shape index (κ1) is 17.1. The van der Waals surface area contributed by atoms with E-state index in [4.69, 9.17) is 0 Å². The Morgan fingerprint density at radius 3 is 2.36 bits per heavy atom. The van der Waals surface area contributed by atoms with Gasteiger partial charge in [0.05, 0.1) is 0 Å². The number of thiophene rings is 1. The van der Waals surface area contributed by atoms with Crippen molar-refractivity contribution in [1.82, 2.24) is 9.62 Å². The standard InChI is InChI=1S/C16H22N2O2S2/c1-4-14-10-11-16(21-14)22(19,20)17-12-15(18(2)3)13-8-6-5-7-9-13/h5-11,15,17H,4,12H2,1-3H3. The van der Waals surface area contributed by atoms with Gasteiger partial charge < -0.3 is 4.90 Å². The zero-order valence-electron chi connectivity index (χ0n) is 13.1. The van der Waals surface area contributed by atoms with Gasteiger partial charge in [-0.1, -0.05) is 37.3 Å². The molecule has 4 nitrogen and oxygen atoms in total. The highest BCUT2D eigenvalue weighted by molar-refractivity contribution is 7.91. The molecule has 1 aromatic carbocycles. The summed E-state index contributed by atoms with van der Waals surface area (Å²) in [5, 5.41) is 0. The predicted octanol–water partition coefficient (Wildman–Crippen LogP) is 2.89. The fraction of sp³-hybridized carbons (Fsp3) is 0.375. The molecule has 0 bridgehead atoms. The van der Waals surface area contributed by atoms with Gasteiger partial charge in [0, 0.05) is 17.5 Å². The Morgan fingerprint density at radius 1 is 1.14 bits per heavy atom. The van der Waals surface area contributed by atoms with Crippen LogP contribution in [0.4, 0.5) is 0 Å². The summed E-state index contributed by atoms with van der Waals surface area (Å²) in [6.07, 6.45) is 0.852. The summed E-state index contributed by atoms with van der Waals surface area (Å²) in [5.41, 5.74) is 1.09. The zero-order valence-corrected chi connectivity index (χ0v) is 14.7. The third kappa shape index (κ3) is 4.16. The molecule has 0 aliphatic carbocycles. The molecule has 6 heteroatoms. The summed E-state index contributed by atoms with van der Waals surface area (Å²) >= 11 is 1.33. The van der Waals surface area contributed by atoms with Crippen LogP contribution in [0.25, 0.3) is 0 Å². The number of nitrogens with zero attached hydrogens (tertiary/aromatic N) is 1. The lowest BCUT2D eigenvalue weighted by atomic mass is 10.1.